The Bertz CT molecular complexity index is 657. The van der Waals surface area contributed by atoms with E-state index in [0.717, 1.165) is 11.5 Å². The number of nitrogens with one attached hydrogen (secondary N) is 1. The first kappa shape index (κ1) is 15.1. The molecule has 0 fully saturated rings. The molecular formula is C14H20N4O3. The lowest BCUT2D eigenvalue weighted by Crippen LogP contribution is -2.13. The van der Waals surface area contributed by atoms with Gasteiger partial charge in [-0.2, -0.15) is 5.10 Å². The number of hydrogen-bond acceptors (Lipinski definition) is 5. The average Bonchev–Trinajstić information content (AvgIpc) is 2.93. The van der Waals surface area contributed by atoms with Crippen LogP contribution in [0.1, 0.15) is 50.1 Å². The van der Waals surface area contributed by atoms with E-state index in [2.05, 4.69) is 10.4 Å². The molecule has 0 aromatic carbocycles. The van der Waals surface area contributed by atoms with Gasteiger partial charge in [0.25, 0.3) is 0 Å². The van der Waals surface area contributed by atoms with Gasteiger partial charge in [0.1, 0.15) is 17.2 Å². The molecule has 2 rings (SSSR count). The van der Waals surface area contributed by atoms with E-state index in [-0.39, 0.29) is 17.8 Å². The van der Waals surface area contributed by atoms with Crippen molar-refractivity contribution < 1.29 is 9.34 Å². The predicted molar refractivity (Wildman–Crippen MR) is 79.5 cm³/mol. The highest BCUT2D eigenvalue weighted by Crippen LogP contribution is 2.33. The molecule has 0 saturated heterocycles. The molecule has 7 heteroatoms. The molecule has 0 aliphatic rings. The smallest absolute Gasteiger partial charge is 0.333 e. The fourth-order valence-corrected chi connectivity index (χ4v) is 2.23. The Kier molecular flexibility index (Phi) is 4.02. The van der Waals surface area contributed by atoms with Crippen molar-refractivity contribution in [3.05, 3.63) is 39.5 Å². The van der Waals surface area contributed by atoms with Gasteiger partial charge < -0.3 is 9.73 Å². The van der Waals surface area contributed by atoms with Gasteiger partial charge in [0, 0.05) is 6.04 Å². The highest BCUT2D eigenvalue weighted by atomic mass is 16.6. The third-order valence-electron chi connectivity index (χ3n) is 3.27. The van der Waals surface area contributed by atoms with Crippen LogP contribution < -0.4 is 5.32 Å². The molecule has 0 bridgehead atoms. The Morgan fingerprint density at radius 1 is 1.33 bits per heavy atom. The third kappa shape index (κ3) is 2.91. The predicted octanol–water partition coefficient (Wildman–Crippen LogP) is 3.76. The maximum absolute atomic E-state index is 11.3. The number of rotatable bonds is 5. The summed E-state index contributed by atoms with van der Waals surface area (Å²) in [6.07, 6.45) is 0. The molecule has 114 valence electrons. The first-order valence-corrected chi connectivity index (χ1v) is 6.87. The van der Waals surface area contributed by atoms with Crippen molar-refractivity contribution in [2.75, 3.05) is 5.32 Å². The molecule has 0 saturated carbocycles. The highest BCUT2D eigenvalue weighted by Gasteiger charge is 2.28. The van der Waals surface area contributed by atoms with E-state index >= 15 is 0 Å². The Morgan fingerprint density at radius 2 is 2.00 bits per heavy atom. The lowest BCUT2D eigenvalue weighted by atomic mass is 10.2. The number of hydrogen-bond donors (Lipinski definition) is 1. The second-order valence-corrected chi connectivity index (χ2v) is 5.39. The van der Waals surface area contributed by atoms with Crippen molar-refractivity contribution in [1.29, 1.82) is 0 Å². The van der Waals surface area contributed by atoms with Crippen LogP contribution in [0, 0.1) is 24.0 Å². The van der Waals surface area contributed by atoms with Gasteiger partial charge in [0.15, 0.2) is 0 Å². The van der Waals surface area contributed by atoms with Crippen LogP contribution in [0.15, 0.2) is 16.5 Å². The van der Waals surface area contributed by atoms with Gasteiger partial charge in [-0.05, 0) is 46.8 Å². The molecule has 21 heavy (non-hydrogen) atoms. The van der Waals surface area contributed by atoms with Crippen LogP contribution in [-0.2, 0) is 0 Å². The Morgan fingerprint density at radius 3 is 2.48 bits per heavy atom. The molecule has 0 radical (unpaired) electrons. The quantitative estimate of drug-likeness (QED) is 0.670. The summed E-state index contributed by atoms with van der Waals surface area (Å²) in [5.41, 5.74) is 0.415. The van der Waals surface area contributed by atoms with Crippen molar-refractivity contribution in [1.82, 2.24) is 9.78 Å². The molecule has 2 aromatic rings. The Labute approximate surface area is 123 Å². The second-order valence-electron chi connectivity index (χ2n) is 5.39. The van der Waals surface area contributed by atoms with Crippen LogP contribution >= 0.6 is 0 Å². The van der Waals surface area contributed by atoms with E-state index < -0.39 is 4.92 Å². The number of nitro groups is 1. The fraction of sp³-hybridized carbons (Fsp3) is 0.500. The van der Waals surface area contributed by atoms with Crippen molar-refractivity contribution >= 4 is 11.5 Å². The van der Waals surface area contributed by atoms with E-state index in [4.69, 9.17) is 4.42 Å². The normalized spacial score (nSPS) is 12.7. The monoisotopic (exact) mass is 292 g/mol. The van der Waals surface area contributed by atoms with E-state index in [1.54, 1.807) is 11.6 Å². The Hall–Kier alpha value is -2.31. The largest absolute Gasteiger partial charge is 0.464 e. The highest BCUT2D eigenvalue weighted by molar-refractivity contribution is 5.60. The summed E-state index contributed by atoms with van der Waals surface area (Å²) in [4.78, 5) is 10.9. The van der Waals surface area contributed by atoms with E-state index in [1.165, 1.54) is 0 Å². The minimum Gasteiger partial charge on any atom is -0.464 e. The lowest BCUT2D eigenvalue weighted by Gasteiger charge is -2.15. The Balaban J connectivity index is 2.40. The standard InChI is InChI=1S/C14H20N4O3/c1-8(2)17-14(13(18(19)20)11(5)16-17)15-10(4)12-7-6-9(3)21-12/h6-8,10,15H,1-5H3. The molecule has 0 aliphatic carbocycles. The molecule has 0 aliphatic heterocycles. The van der Waals surface area contributed by atoms with Crippen LogP contribution in [0.3, 0.4) is 0 Å². The SMILES string of the molecule is Cc1ccc(C(C)Nc2c([N+](=O)[O-])c(C)nn2C(C)C)o1. The second kappa shape index (κ2) is 5.59. The van der Waals surface area contributed by atoms with Gasteiger partial charge in [-0.15, -0.1) is 0 Å². The molecule has 1 atom stereocenters. The molecule has 7 nitrogen and oxygen atoms in total. The van der Waals surface area contributed by atoms with Crippen LogP contribution in [0.2, 0.25) is 0 Å². The van der Waals surface area contributed by atoms with E-state index in [1.807, 2.05) is 39.8 Å². The molecular weight excluding hydrogens is 272 g/mol. The zero-order chi connectivity index (χ0) is 15.7. The van der Waals surface area contributed by atoms with Gasteiger partial charge in [-0.1, -0.05) is 0 Å². The van der Waals surface area contributed by atoms with Gasteiger partial charge in [0.05, 0.1) is 11.0 Å². The van der Waals surface area contributed by atoms with Gasteiger partial charge in [-0.25, -0.2) is 4.68 Å². The van der Waals surface area contributed by atoms with Crippen LogP contribution in [0.4, 0.5) is 11.5 Å². The summed E-state index contributed by atoms with van der Waals surface area (Å²) in [5, 5.41) is 18.7. The molecule has 2 heterocycles. The third-order valence-corrected chi connectivity index (χ3v) is 3.27. The summed E-state index contributed by atoms with van der Waals surface area (Å²) in [7, 11) is 0. The summed E-state index contributed by atoms with van der Waals surface area (Å²) >= 11 is 0. The zero-order valence-corrected chi connectivity index (χ0v) is 12.9. The topological polar surface area (TPSA) is 86.1 Å². The number of furan rings is 1. The van der Waals surface area contributed by atoms with Crippen molar-refractivity contribution in [2.45, 2.75) is 46.7 Å². The maximum atomic E-state index is 11.3. The summed E-state index contributed by atoms with van der Waals surface area (Å²) in [6, 6.07) is 3.56. The molecule has 0 spiro atoms. The number of nitrogens with zero attached hydrogens (tertiary/aromatic N) is 3. The van der Waals surface area contributed by atoms with Crippen LogP contribution in [-0.4, -0.2) is 14.7 Å². The van der Waals surface area contributed by atoms with E-state index in [0.29, 0.717) is 11.5 Å². The number of aryl methyl sites for hydroxylation is 2. The fourth-order valence-electron chi connectivity index (χ4n) is 2.23. The minimum absolute atomic E-state index is 0.0128. The van der Waals surface area contributed by atoms with Crippen LogP contribution in [0.5, 0.6) is 0 Å². The van der Waals surface area contributed by atoms with Gasteiger partial charge in [-0.3, -0.25) is 10.1 Å². The summed E-state index contributed by atoms with van der Waals surface area (Å²) in [6.45, 7) is 9.27. The first-order chi connectivity index (χ1) is 9.81. The molecule has 2 aromatic heterocycles. The van der Waals surface area contributed by atoms with E-state index in [9.17, 15) is 10.1 Å². The molecule has 1 N–H and O–H groups in total. The minimum atomic E-state index is -0.399. The summed E-state index contributed by atoms with van der Waals surface area (Å²) < 4.78 is 7.20. The van der Waals surface area contributed by atoms with Crippen molar-refractivity contribution in [3.63, 3.8) is 0 Å². The molecule has 1 unspecified atom stereocenters. The van der Waals surface area contributed by atoms with Gasteiger partial charge in [0.2, 0.25) is 5.82 Å². The number of aromatic nitrogens is 2. The van der Waals surface area contributed by atoms with Crippen molar-refractivity contribution in [2.24, 2.45) is 0 Å². The van der Waals surface area contributed by atoms with Crippen LogP contribution in [0.25, 0.3) is 0 Å². The number of anilines is 1. The summed E-state index contributed by atoms with van der Waals surface area (Å²) in [5.74, 6) is 1.95. The lowest BCUT2D eigenvalue weighted by molar-refractivity contribution is -0.384. The average molecular weight is 292 g/mol. The zero-order valence-electron chi connectivity index (χ0n) is 12.9. The molecule has 0 amide bonds. The first-order valence-electron chi connectivity index (χ1n) is 6.87. The van der Waals surface area contributed by atoms with Crippen molar-refractivity contribution in [3.8, 4) is 0 Å². The maximum Gasteiger partial charge on any atom is 0.333 e. The van der Waals surface area contributed by atoms with Gasteiger partial charge >= 0.3 is 5.69 Å².